The molecule has 0 aromatic heterocycles. The van der Waals surface area contributed by atoms with Gasteiger partial charge < -0.3 is 20.3 Å². The number of carbonyl (C=O) groups is 2. The lowest BCUT2D eigenvalue weighted by atomic mass is 10.1. The number of rotatable bonds is 7. The summed E-state index contributed by atoms with van der Waals surface area (Å²) >= 11 is 0. The number of ether oxygens (including phenoxy) is 1. The molecule has 0 radical (unpaired) electrons. The zero-order chi connectivity index (χ0) is 18.3. The van der Waals surface area contributed by atoms with Gasteiger partial charge in [0, 0.05) is 31.1 Å². The lowest BCUT2D eigenvalue weighted by molar-refractivity contribution is -0.124. The smallest absolute Gasteiger partial charge is 0.322 e. The molecule has 0 aliphatic rings. The van der Waals surface area contributed by atoms with E-state index in [-0.39, 0.29) is 18.0 Å². The van der Waals surface area contributed by atoms with Crippen molar-refractivity contribution in [1.29, 1.82) is 0 Å². The van der Waals surface area contributed by atoms with Gasteiger partial charge in [0.05, 0.1) is 0 Å². The molecule has 0 aliphatic heterocycles. The summed E-state index contributed by atoms with van der Waals surface area (Å²) in [6.07, 6.45) is -0.536. The van der Waals surface area contributed by atoms with Crippen LogP contribution in [-0.4, -0.2) is 42.6 Å². The lowest BCUT2D eigenvalue weighted by Crippen LogP contribution is -2.43. The molecule has 2 atom stereocenters. The molecule has 0 saturated heterocycles. The minimum atomic E-state index is -0.536. The molecule has 0 heterocycles. The maximum Gasteiger partial charge on any atom is 0.322 e. The number of nitrogens with zero attached hydrogens (tertiary/aromatic N) is 1. The number of benzene rings is 1. The van der Waals surface area contributed by atoms with E-state index in [1.165, 1.54) is 7.11 Å². The summed E-state index contributed by atoms with van der Waals surface area (Å²) in [5, 5.41) is 5.65. The van der Waals surface area contributed by atoms with Gasteiger partial charge in [-0.3, -0.25) is 4.79 Å². The van der Waals surface area contributed by atoms with Crippen molar-refractivity contribution in [2.45, 2.75) is 46.8 Å². The second-order valence-corrected chi connectivity index (χ2v) is 6.15. The van der Waals surface area contributed by atoms with Gasteiger partial charge in [-0.25, -0.2) is 4.79 Å². The summed E-state index contributed by atoms with van der Waals surface area (Å²) in [5.41, 5.74) is 1.25. The number of hydrogen-bond acceptors (Lipinski definition) is 3. The normalized spacial score (nSPS) is 13.3. The van der Waals surface area contributed by atoms with Crippen LogP contribution in [0.25, 0.3) is 0 Å². The molecular weight excluding hydrogens is 306 g/mol. The van der Waals surface area contributed by atoms with Crippen molar-refractivity contribution in [2.24, 2.45) is 5.92 Å². The van der Waals surface area contributed by atoms with Crippen molar-refractivity contribution in [3.05, 3.63) is 24.3 Å². The fraction of sp³-hybridized carbons (Fsp3) is 0.556. The molecule has 134 valence electrons. The zero-order valence-corrected chi connectivity index (χ0v) is 15.4. The van der Waals surface area contributed by atoms with Gasteiger partial charge in [-0.2, -0.15) is 0 Å². The number of hydrogen-bond donors (Lipinski definition) is 2. The van der Waals surface area contributed by atoms with Gasteiger partial charge in [0.2, 0.25) is 0 Å². The van der Waals surface area contributed by atoms with Gasteiger partial charge in [-0.15, -0.1) is 0 Å². The monoisotopic (exact) mass is 335 g/mol. The van der Waals surface area contributed by atoms with Crippen LogP contribution in [0.5, 0.6) is 0 Å². The van der Waals surface area contributed by atoms with E-state index >= 15 is 0 Å². The van der Waals surface area contributed by atoms with Crippen molar-refractivity contribution >= 4 is 23.3 Å². The first kappa shape index (κ1) is 20.0. The van der Waals surface area contributed by atoms with Crippen LogP contribution >= 0.6 is 0 Å². The van der Waals surface area contributed by atoms with Crippen LogP contribution in [0.4, 0.5) is 16.2 Å². The number of nitrogens with one attached hydrogen (secondary N) is 2. The molecular formula is C18H29N3O3. The fourth-order valence-corrected chi connectivity index (χ4v) is 2.20. The van der Waals surface area contributed by atoms with Gasteiger partial charge in [0.1, 0.15) is 6.10 Å². The molecule has 1 aromatic carbocycles. The molecule has 6 nitrogen and oxygen atoms in total. The SMILES string of the molecule is CCN(C(=O)Nc1cccc(NC(=O)[C@@H](C)OC)c1)[C@@H](C)C(C)C. The Morgan fingerprint density at radius 2 is 1.71 bits per heavy atom. The molecule has 0 fully saturated rings. The van der Waals surface area contributed by atoms with Crippen LogP contribution in [-0.2, 0) is 9.53 Å². The van der Waals surface area contributed by atoms with Crippen molar-refractivity contribution in [1.82, 2.24) is 4.90 Å². The van der Waals surface area contributed by atoms with E-state index in [0.717, 1.165) is 0 Å². The number of urea groups is 1. The average Bonchev–Trinajstić information content (AvgIpc) is 2.54. The van der Waals surface area contributed by atoms with Crippen molar-refractivity contribution in [3.8, 4) is 0 Å². The quantitative estimate of drug-likeness (QED) is 0.800. The van der Waals surface area contributed by atoms with E-state index in [2.05, 4.69) is 24.5 Å². The Labute approximate surface area is 144 Å². The summed E-state index contributed by atoms with van der Waals surface area (Å²) in [6, 6.07) is 7.07. The predicted octanol–water partition coefficient (Wildman–Crippen LogP) is 3.56. The third-order valence-electron chi connectivity index (χ3n) is 4.16. The molecule has 1 rings (SSSR count). The number of amides is 3. The molecule has 6 heteroatoms. The van der Waals surface area contributed by atoms with Gasteiger partial charge in [-0.05, 0) is 44.9 Å². The lowest BCUT2D eigenvalue weighted by Gasteiger charge is -2.31. The third-order valence-corrected chi connectivity index (χ3v) is 4.16. The standard InChI is InChI=1S/C18H29N3O3/c1-7-21(13(4)12(2)3)18(23)20-16-10-8-9-15(11-16)19-17(22)14(5)24-6/h8-14H,7H2,1-6H3,(H,19,22)(H,20,23)/t13-,14+/m0/s1. The molecule has 0 aliphatic carbocycles. The summed E-state index contributed by atoms with van der Waals surface area (Å²) in [7, 11) is 1.48. The topological polar surface area (TPSA) is 70.7 Å². The number of carbonyl (C=O) groups excluding carboxylic acids is 2. The first-order valence-corrected chi connectivity index (χ1v) is 8.31. The largest absolute Gasteiger partial charge is 0.372 e. The van der Waals surface area contributed by atoms with Crippen molar-refractivity contribution in [3.63, 3.8) is 0 Å². The van der Waals surface area contributed by atoms with E-state index in [1.54, 1.807) is 36.1 Å². The van der Waals surface area contributed by atoms with Crippen LogP contribution in [0, 0.1) is 5.92 Å². The summed E-state index contributed by atoms with van der Waals surface area (Å²) in [4.78, 5) is 26.1. The first-order valence-electron chi connectivity index (χ1n) is 8.31. The second-order valence-electron chi connectivity index (χ2n) is 6.15. The Morgan fingerprint density at radius 1 is 1.12 bits per heavy atom. The molecule has 0 unspecified atom stereocenters. The zero-order valence-electron chi connectivity index (χ0n) is 15.4. The predicted molar refractivity (Wildman–Crippen MR) is 97.2 cm³/mol. The maximum atomic E-state index is 12.5. The van der Waals surface area contributed by atoms with Crippen LogP contribution < -0.4 is 10.6 Å². The van der Waals surface area contributed by atoms with E-state index in [0.29, 0.717) is 23.8 Å². The van der Waals surface area contributed by atoms with Crippen molar-refractivity contribution < 1.29 is 14.3 Å². The molecule has 1 aromatic rings. The molecule has 0 bridgehead atoms. The molecule has 2 N–H and O–H groups in total. The van der Waals surface area contributed by atoms with Crippen LogP contribution in [0.1, 0.15) is 34.6 Å². The van der Waals surface area contributed by atoms with Gasteiger partial charge >= 0.3 is 6.03 Å². The Balaban J connectivity index is 2.79. The summed E-state index contributed by atoms with van der Waals surface area (Å²) in [5.74, 6) is 0.140. The Bertz CT molecular complexity index is 560. The Kier molecular flexibility index (Phi) is 7.71. The summed E-state index contributed by atoms with van der Waals surface area (Å²) < 4.78 is 4.99. The average molecular weight is 335 g/mol. The van der Waals surface area contributed by atoms with Gasteiger partial charge in [0.25, 0.3) is 5.91 Å². The molecule has 0 saturated carbocycles. The van der Waals surface area contributed by atoms with Gasteiger partial charge in [0.15, 0.2) is 0 Å². The van der Waals surface area contributed by atoms with Crippen LogP contribution in [0.3, 0.4) is 0 Å². The first-order chi connectivity index (χ1) is 11.3. The number of methoxy groups -OCH3 is 1. The minimum absolute atomic E-state index is 0.139. The third kappa shape index (κ3) is 5.53. The number of anilines is 2. The van der Waals surface area contributed by atoms with E-state index in [9.17, 15) is 9.59 Å². The van der Waals surface area contributed by atoms with E-state index in [1.807, 2.05) is 13.8 Å². The summed E-state index contributed by atoms with van der Waals surface area (Å²) in [6.45, 7) is 10.5. The second kappa shape index (κ2) is 9.27. The van der Waals surface area contributed by atoms with Crippen LogP contribution in [0.2, 0.25) is 0 Å². The molecule has 0 spiro atoms. The van der Waals surface area contributed by atoms with E-state index in [4.69, 9.17) is 4.74 Å². The van der Waals surface area contributed by atoms with E-state index < -0.39 is 6.10 Å². The highest BCUT2D eigenvalue weighted by Gasteiger charge is 2.21. The minimum Gasteiger partial charge on any atom is -0.372 e. The van der Waals surface area contributed by atoms with Gasteiger partial charge in [-0.1, -0.05) is 19.9 Å². The van der Waals surface area contributed by atoms with Crippen LogP contribution in [0.15, 0.2) is 24.3 Å². The Hall–Kier alpha value is -2.08. The molecule has 3 amide bonds. The highest BCUT2D eigenvalue weighted by atomic mass is 16.5. The fourth-order valence-electron chi connectivity index (χ4n) is 2.20. The van der Waals surface area contributed by atoms with Crippen molar-refractivity contribution in [2.75, 3.05) is 24.3 Å². The highest BCUT2D eigenvalue weighted by Crippen LogP contribution is 2.18. The maximum absolute atomic E-state index is 12.5. The highest BCUT2D eigenvalue weighted by molar-refractivity contribution is 5.95. The molecule has 24 heavy (non-hydrogen) atoms. The Morgan fingerprint density at radius 3 is 2.21 bits per heavy atom.